The van der Waals surface area contributed by atoms with Gasteiger partial charge in [0.05, 0.1) is 5.69 Å². The van der Waals surface area contributed by atoms with E-state index in [9.17, 15) is 9.59 Å². The molecule has 29 heavy (non-hydrogen) atoms. The summed E-state index contributed by atoms with van der Waals surface area (Å²) >= 11 is 0. The Hall–Kier alpha value is -3.35. The third kappa shape index (κ3) is 5.57. The van der Waals surface area contributed by atoms with Crippen molar-refractivity contribution < 1.29 is 18.7 Å². The Kier molecular flexibility index (Phi) is 6.49. The molecule has 2 aromatic heterocycles. The molecule has 0 aliphatic carbocycles. The van der Waals surface area contributed by atoms with Gasteiger partial charge in [-0.15, -0.1) is 0 Å². The molecule has 0 atom stereocenters. The molecule has 0 unspecified atom stereocenters. The Morgan fingerprint density at radius 1 is 1.14 bits per heavy atom. The number of amides is 1. The van der Waals surface area contributed by atoms with Gasteiger partial charge in [-0.1, -0.05) is 0 Å². The van der Waals surface area contributed by atoms with Gasteiger partial charge >= 0.3 is 0 Å². The molecule has 0 fully saturated rings. The summed E-state index contributed by atoms with van der Waals surface area (Å²) in [7, 11) is 0. The van der Waals surface area contributed by atoms with Crippen molar-refractivity contribution in [3.63, 3.8) is 0 Å². The van der Waals surface area contributed by atoms with Gasteiger partial charge in [0.25, 0.3) is 5.91 Å². The number of benzene rings is 1. The van der Waals surface area contributed by atoms with Gasteiger partial charge in [0.2, 0.25) is 0 Å². The number of ether oxygens (including phenoxy) is 1. The van der Waals surface area contributed by atoms with Gasteiger partial charge in [-0.3, -0.25) is 14.3 Å². The van der Waals surface area contributed by atoms with Gasteiger partial charge in [0, 0.05) is 24.3 Å². The fourth-order valence-electron chi connectivity index (χ4n) is 2.94. The molecule has 0 aliphatic heterocycles. The summed E-state index contributed by atoms with van der Waals surface area (Å²) in [5.41, 5.74) is 2.74. The zero-order chi connectivity index (χ0) is 20.8. The third-order valence-electron chi connectivity index (χ3n) is 4.46. The number of carbonyl (C=O) groups excluding carboxylic acids is 2. The second kappa shape index (κ2) is 9.23. The molecule has 0 saturated heterocycles. The fraction of sp³-hybridized carbons (Fsp3) is 0.318. The van der Waals surface area contributed by atoms with Crippen molar-refractivity contribution in [2.24, 2.45) is 0 Å². The predicted octanol–water partition coefficient (Wildman–Crippen LogP) is 3.69. The van der Waals surface area contributed by atoms with Gasteiger partial charge in [-0.2, -0.15) is 5.10 Å². The summed E-state index contributed by atoms with van der Waals surface area (Å²) in [4.78, 5) is 23.5. The van der Waals surface area contributed by atoms with Crippen LogP contribution in [-0.2, 0) is 13.2 Å². The number of nitrogens with one attached hydrogen (secondary N) is 1. The van der Waals surface area contributed by atoms with Crippen molar-refractivity contribution in [3.8, 4) is 5.75 Å². The lowest BCUT2D eigenvalue weighted by Crippen LogP contribution is -2.25. The summed E-state index contributed by atoms with van der Waals surface area (Å²) in [5, 5.41) is 7.25. The number of hydrogen-bond acceptors (Lipinski definition) is 5. The fourth-order valence-corrected chi connectivity index (χ4v) is 2.94. The molecule has 1 aromatic carbocycles. The maximum atomic E-state index is 12.2. The van der Waals surface area contributed by atoms with Crippen LogP contribution < -0.4 is 10.1 Å². The molecule has 0 saturated carbocycles. The number of nitrogens with zero attached hydrogens (tertiary/aromatic N) is 2. The number of Topliss-reactive ketones (excluding diaryl/α,β-unsaturated/α-hetero) is 1. The lowest BCUT2D eigenvalue weighted by Gasteiger charge is -2.06. The van der Waals surface area contributed by atoms with Crippen molar-refractivity contribution in [3.05, 3.63) is 70.9 Å². The normalized spacial score (nSPS) is 10.7. The molecule has 3 rings (SSSR count). The van der Waals surface area contributed by atoms with Crippen LogP contribution in [0.5, 0.6) is 5.75 Å². The Balaban J connectivity index is 1.43. The van der Waals surface area contributed by atoms with Crippen molar-refractivity contribution in [1.29, 1.82) is 0 Å². The van der Waals surface area contributed by atoms with Crippen LogP contribution in [-0.4, -0.2) is 28.0 Å². The number of rotatable bonds is 9. The molecule has 1 N–H and O–H groups in total. The van der Waals surface area contributed by atoms with Crippen LogP contribution in [0.25, 0.3) is 0 Å². The van der Waals surface area contributed by atoms with E-state index in [4.69, 9.17) is 9.15 Å². The van der Waals surface area contributed by atoms with Crippen molar-refractivity contribution in [2.75, 3.05) is 6.54 Å². The topological polar surface area (TPSA) is 86.4 Å². The first-order valence-electron chi connectivity index (χ1n) is 9.54. The lowest BCUT2D eigenvalue weighted by atomic mass is 10.1. The van der Waals surface area contributed by atoms with Crippen LogP contribution in [0.4, 0.5) is 0 Å². The zero-order valence-corrected chi connectivity index (χ0v) is 16.9. The molecule has 7 nitrogen and oxygen atoms in total. The minimum Gasteiger partial charge on any atom is -0.486 e. The van der Waals surface area contributed by atoms with E-state index < -0.39 is 0 Å². The third-order valence-corrected chi connectivity index (χ3v) is 4.46. The predicted molar refractivity (Wildman–Crippen MR) is 108 cm³/mol. The zero-order valence-electron chi connectivity index (χ0n) is 16.9. The number of carbonyl (C=O) groups is 2. The minimum absolute atomic E-state index is 0.00751. The molecule has 3 aromatic rings. The van der Waals surface area contributed by atoms with Crippen LogP contribution >= 0.6 is 0 Å². The molecule has 7 heteroatoms. The average molecular weight is 395 g/mol. The number of hydrogen-bond donors (Lipinski definition) is 1. The van der Waals surface area contributed by atoms with E-state index in [1.54, 1.807) is 36.4 Å². The first-order chi connectivity index (χ1) is 13.9. The van der Waals surface area contributed by atoms with E-state index >= 15 is 0 Å². The smallest absolute Gasteiger partial charge is 0.286 e. The molecule has 1 amide bonds. The highest BCUT2D eigenvalue weighted by Crippen LogP contribution is 2.16. The van der Waals surface area contributed by atoms with Crippen molar-refractivity contribution in [1.82, 2.24) is 15.1 Å². The van der Waals surface area contributed by atoms with Crippen molar-refractivity contribution in [2.45, 2.75) is 40.3 Å². The van der Waals surface area contributed by atoms with Gasteiger partial charge < -0.3 is 14.5 Å². The van der Waals surface area contributed by atoms with E-state index in [2.05, 4.69) is 10.4 Å². The molecule has 0 bridgehead atoms. The number of ketones is 1. The van der Waals surface area contributed by atoms with Crippen LogP contribution in [0.2, 0.25) is 0 Å². The Morgan fingerprint density at radius 2 is 1.90 bits per heavy atom. The van der Waals surface area contributed by atoms with Crippen LogP contribution in [0, 0.1) is 13.8 Å². The molecule has 2 heterocycles. The maximum absolute atomic E-state index is 12.2. The highest BCUT2D eigenvalue weighted by Gasteiger charge is 2.11. The number of aryl methyl sites for hydroxylation is 3. The SMILES string of the molecule is CC(=O)c1ccc(OCc2ccc(C(=O)NCCCn3nc(C)cc3C)o2)cc1. The van der Waals surface area contributed by atoms with Crippen LogP contribution in [0.3, 0.4) is 0 Å². The Bertz CT molecular complexity index is 986. The van der Waals surface area contributed by atoms with Crippen molar-refractivity contribution >= 4 is 11.7 Å². The van der Waals surface area contributed by atoms with Crippen LogP contribution in [0.1, 0.15) is 51.4 Å². The molecule has 152 valence electrons. The van der Waals surface area contributed by atoms with E-state index in [0.29, 0.717) is 23.6 Å². The summed E-state index contributed by atoms with van der Waals surface area (Å²) in [6, 6.07) is 12.3. The molecular weight excluding hydrogens is 370 g/mol. The summed E-state index contributed by atoms with van der Waals surface area (Å²) in [6.45, 7) is 6.98. The number of furan rings is 1. The molecule has 0 aliphatic rings. The van der Waals surface area contributed by atoms with E-state index in [1.807, 2.05) is 24.6 Å². The summed E-state index contributed by atoms with van der Waals surface area (Å²) in [5.74, 6) is 1.18. The van der Waals surface area contributed by atoms with Gasteiger partial charge in [0.1, 0.15) is 18.1 Å². The highest BCUT2D eigenvalue weighted by molar-refractivity contribution is 5.94. The molecule has 0 spiro atoms. The van der Waals surface area contributed by atoms with Crippen LogP contribution in [0.15, 0.2) is 46.9 Å². The first-order valence-corrected chi connectivity index (χ1v) is 9.54. The largest absolute Gasteiger partial charge is 0.486 e. The Morgan fingerprint density at radius 3 is 2.55 bits per heavy atom. The van der Waals surface area contributed by atoms with E-state index in [1.165, 1.54) is 6.92 Å². The second-order valence-electron chi connectivity index (χ2n) is 6.89. The molecule has 0 radical (unpaired) electrons. The summed E-state index contributed by atoms with van der Waals surface area (Å²) < 4.78 is 13.1. The lowest BCUT2D eigenvalue weighted by molar-refractivity contribution is 0.0920. The highest BCUT2D eigenvalue weighted by atomic mass is 16.5. The monoisotopic (exact) mass is 395 g/mol. The van der Waals surface area contributed by atoms with Gasteiger partial charge in [-0.05, 0) is 69.7 Å². The van der Waals surface area contributed by atoms with E-state index in [0.717, 1.165) is 24.4 Å². The maximum Gasteiger partial charge on any atom is 0.286 e. The summed E-state index contributed by atoms with van der Waals surface area (Å²) in [6.07, 6.45) is 0.778. The van der Waals surface area contributed by atoms with Gasteiger partial charge in [-0.25, -0.2) is 0 Å². The first kappa shape index (κ1) is 20.4. The molecular formula is C22H25N3O4. The second-order valence-corrected chi connectivity index (χ2v) is 6.89. The number of aromatic nitrogens is 2. The quantitative estimate of drug-likeness (QED) is 0.441. The minimum atomic E-state index is -0.254. The Labute approximate surface area is 169 Å². The van der Waals surface area contributed by atoms with Gasteiger partial charge in [0.15, 0.2) is 11.5 Å². The van der Waals surface area contributed by atoms with E-state index in [-0.39, 0.29) is 24.1 Å². The standard InChI is InChI=1S/C22H25N3O4/c1-15-13-16(2)25(24-15)12-4-11-23-22(27)21-10-9-20(29-21)14-28-19-7-5-18(6-8-19)17(3)26/h5-10,13H,4,11-12,14H2,1-3H3,(H,23,27). The average Bonchev–Trinajstić information content (AvgIpc) is 3.30.